The summed E-state index contributed by atoms with van der Waals surface area (Å²) in [6.45, 7) is 5.44. The highest BCUT2D eigenvalue weighted by atomic mass is 16.5. The highest BCUT2D eigenvalue weighted by Crippen LogP contribution is 2.15. The van der Waals surface area contributed by atoms with Crippen LogP contribution in [0.4, 0.5) is 0 Å². The summed E-state index contributed by atoms with van der Waals surface area (Å²) in [5, 5.41) is 16.0. The zero-order valence-corrected chi connectivity index (χ0v) is 10.6. The van der Waals surface area contributed by atoms with E-state index in [9.17, 15) is 4.79 Å². The van der Waals surface area contributed by atoms with Gasteiger partial charge in [0.25, 0.3) is 0 Å². The summed E-state index contributed by atoms with van der Waals surface area (Å²) in [4.78, 5) is 13.8. The molecule has 0 aromatic carbocycles. The fourth-order valence-electron chi connectivity index (χ4n) is 2.13. The molecular formula is C12H16N4O2. The molecule has 1 aromatic heterocycles. The predicted octanol–water partition coefficient (Wildman–Crippen LogP) is 0.158. The normalized spacial score (nSPS) is 19.6. The number of aromatic nitrogens is 1. The molecule has 1 unspecified atom stereocenters. The van der Waals surface area contributed by atoms with Crippen LogP contribution >= 0.6 is 0 Å². The zero-order chi connectivity index (χ0) is 13.1. The topological polar surface area (TPSA) is 82.2 Å². The minimum Gasteiger partial charge on any atom is -0.361 e. The Morgan fingerprint density at radius 3 is 3.06 bits per heavy atom. The number of rotatable bonds is 2. The van der Waals surface area contributed by atoms with Crippen molar-refractivity contribution in [1.82, 2.24) is 15.4 Å². The summed E-state index contributed by atoms with van der Waals surface area (Å²) in [7, 11) is 0. The van der Waals surface area contributed by atoms with Crippen molar-refractivity contribution in [3.63, 3.8) is 0 Å². The number of hydrogen-bond donors (Lipinski definition) is 1. The molecule has 0 spiro atoms. The van der Waals surface area contributed by atoms with Crippen LogP contribution in [0.15, 0.2) is 4.52 Å². The van der Waals surface area contributed by atoms with Crippen molar-refractivity contribution in [2.24, 2.45) is 0 Å². The van der Waals surface area contributed by atoms with E-state index in [0.717, 1.165) is 17.8 Å². The van der Waals surface area contributed by atoms with Crippen LogP contribution in [0.2, 0.25) is 0 Å². The van der Waals surface area contributed by atoms with Gasteiger partial charge in [0.15, 0.2) is 0 Å². The van der Waals surface area contributed by atoms with Gasteiger partial charge in [0.05, 0.1) is 18.2 Å². The van der Waals surface area contributed by atoms with Gasteiger partial charge in [0.2, 0.25) is 5.91 Å². The van der Waals surface area contributed by atoms with Crippen LogP contribution in [0.1, 0.15) is 17.0 Å². The molecular weight excluding hydrogens is 232 g/mol. The largest absolute Gasteiger partial charge is 0.361 e. The average molecular weight is 248 g/mol. The number of aryl methyl sites for hydroxylation is 2. The summed E-state index contributed by atoms with van der Waals surface area (Å²) in [6, 6.07) is 1.76. The summed E-state index contributed by atoms with van der Waals surface area (Å²) in [5.74, 6) is 0.627. The van der Waals surface area contributed by atoms with Crippen LogP contribution in [-0.2, 0) is 11.2 Å². The summed E-state index contributed by atoms with van der Waals surface area (Å²) >= 11 is 0. The third-order valence-electron chi connectivity index (χ3n) is 3.22. The molecule has 1 N–H and O–H groups in total. The molecule has 0 saturated carbocycles. The monoisotopic (exact) mass is 248 g/mol. The van der Waals surface area contributed by atoms with E-state index in [1.54, 1.807) is 11.8 Å². The number of amides is 1. The molecule has 1 aliphatic heterocycles. The SMILES string of the molecule is Cc1noc(C)c1CC(=O)N1CCNCC1C#N. The molecule has 0 radical (unpaired) electrons. The molecule has 6 heteroatoms. The molecule has 2 heterocycles. The minimum atomic E-state index is -0.383. The molecule has 0 bridgehead atoms. The van der Waals surface area contributed by atoms with E-state index in [2.05, 4.69) is 16.5 Å². The number of nitrogens with one attached hydrogen (secondary N) is 1. The first-order valence-electron chi connectivity index (χ1n) is 5.95. The van der Waals surface area contributed by atoms with Gasteiger partial charge in [0, 0.05) is 25.2 Å². The van der Waals surface area contributed by atoms with Crippen LogP contribution in [0.5, 0.6) is 0 Å². The maximum absolute atomic E-state index is 12.2. The summed E-state index contributed by atoms with van der Waals surface area (Å²) < 4.78 is 5.04. The quantitative estimate of drug-likeness (QED) is 0.806. The highest BCUT2D eigenvalue weighted by Gasteiger charge is 2.27. The van der Waals surface area contributed by atoms with Gasteiger partial charge in [-0.05, 0) is 13.8 Å². The maximum Gasteiger partial charge on any atom is 0.228 e. The van der Waals surface area contributed by atoms with Crippen LogP contribution < -0.4 is 5.32 Å². The smallest absolute Gasteiger partial charge is 0.228 e. The van der Waals surface area contributed by atoms with E-state index in [1.807, 2.05) is 6.92 Å². The Kier molecular flexibility index (Phi) is 3.63. The van der Waals surface area contributed by atoms with Gasteiger partial charge in [-0.1, -0.05) is 5.16 Å². The van der Waals surface area contributed by atoms with Crippen LogP contribution in [-0.4, -0.2) is 41.6 Å². The zero-order valence-electron chi connectivity index (χ0n) is 10.6. The predicted molar refractivity (Wildman–Crippen MR) is 63.7 cm³/mol. The molecule has 1 aromatic rings. The molecule has 1 amide bonds. The Bertz CT molecular complexity index is 469. The lowest BCUT2D eigenvalue weighted by Gasteiger charge is -2.32. The van der Waals surface area contributed by atoms with Gasteiger partial charge >= 0.3 is 0 Å². The van der Waals surface area contributed by atoms with Crippen LogP contribution in [0, 0.1) is 25.2 Å². The number of nitriles is 1. The molecule has 1 atom stereocenters. The fourth-order valence-corrected chi connectivity index (χ4v) is 2.13. The molecule has 96 valence electrons. The molecule has 1 fully saturated rings. The standard InChI is InChI=1S/C12H16N4O2/c1-8-11(9(2)18-15-8)5-12(17)16-4-3-14-7-10(16)6-13/h10,14H,3-5,7H2,1-2H3. The molecule has 2 rings (SSSR count). The second kappa shape index (κ2) is 5.19. The Morgan fingerprint density at radius 2 is 2.44 bits per heavy atom. The number of carbonyl (C=O) groups excluding carboxylic acids is 1. The lowest BCUT2D eigenvalue weighted by molar-refractivity contribution is -0.132. The second-order valence-corrected chi connectivity index (χ2v) is 4.42. The van der Waals surface area contributed by atoms with E-state index in [-0.39, 0.29) is 18.4 Å². The number of nitrogens with zero attached hydrogens (tertiary/aromatic N) is 3. The number of hydrogen-bond acceptors (Lipinski definition) is 5. The van der Waals surface area contributed by atoms with Crippen molar-refractivity contribution >= 4 is 5.91 Å². The molecule has 6 nitrogen and oxygen atoms in total. The highest BCUT2D eigenvalue weighted by molar-refractivity contribution is 5.80. The number of carbonyl (C=O) groups is 1. The van der Waals surface area contributed by atoms with Crippen molar-refractivity contribution in [3.05, 3.63) is 17.0 Å². The van der Waals surface area contributed by atoms with Gasteiger partial charge in [-0.15, -0.1) is 0 Å². The van der Waals surface area contributed by atoms with Gasteiger partial charge in [-0.25, -0.2) is 0 Å². The van der Waals surface area contributed by atoms with Crippen LogP contribution in [0.25, 0.3) is 0 Å². The first-order valence-corrected chi connectivity index (χ1v) is 5.95. The van der Waals surface area contributed by atoms with E-state index >= 15 is 0 Å². The van der Waals surface area contributed by atoms with Crippen molar-refractivity contribution in [2.75, 3.05) is 19.6 Å². The van der Waals surface area contributed by atoms with Gasteiger partial charge in [-0.3, -0.25) is 4.79 Å². The van der Waals surface area contributed by atoms with Crippen molar-refractivity contribution in [2.45, 2.75) is 26.3 Å². The molecule has 1 saturated heterocycles. The first kappa shape index (κ1) is 12.6. The Labute approximate surface area is 106 Å². The Hall–Kier alpha value is -1.87. The third kappa shape index (κ3) is 2.36. The summed E-state index contributed by atoms with van der Waals surface area (Å²) in [6.07, 6.45) is 0.249. The lowest BCUT2D eigenvalue weighted by Crippen LogP contribution is -2.53. The van der Waals surface area contributed by atoms with Crippen molar-refractivity contribution in [3.8, 4) is 6.07 Å². The fraction of sp³-hybridized carbons (Fsp3) is 0.583. The lowest BCUT2D eigenvalue weighted by atomic mass is 10.1. The van der Waals surface area contributed by atoms with Crippen molar-refractivity contribution < 1.29 is 9.32 Å². The van der Waals surface area contributed by atoms with E-state index in [4.69, 9.17) is 9.78 Å². The Balaban J connectivity index is 2.10. The van der Waals surface area contributed by atoms with E-state index in [0.29, 0.717) is 18.8 Å². The van der Waals surface area contributed by atoms with E-state index in [1.165, 1.54) is 0 Å². The molecule has 18 heavy (non-hydrogen) atoms. The average Bonchev–Trinajstić information content (AvgIpc) is 2.70. The van der Waals surface area contributed by atoms with Gasteiger partial charge in [-0.2, -0.15) is 5.26 Å². The van der Waals surface area contributed by atoms with Gasteiger partial charge in [0.1, 0.15) is 11.8 Å². The second-order valence-electron chi connectivity index (χ2n) is 4.42. The summed E-state index contributed by atoms with van der Waals surface area (Å²) in [5.41, 5.74) is 1.57. The minimum absolute atomic E-state index is 0.0440. The van der Waals surface area contributed by atoms with Crippen molar-refractivity contribution in [1.29, 1.82) is 5.26 Å². The van der Waals surface area contributed by atoms with Gasteiger partial charge < -0.3 is 14.7 Å². The molecule has 0 aliphatic carbocycles. The van der Waals surface area contributed by atoms with Crippen LogP contribution in [0.3, 0.4) is 0 Å². The molecule has 1 aliphatic rings. The van der Waals surface area contributed by atoms with E-state index < -0.39 is 0 Å². The maximum atomic E-state index is 12.2. The third-order valence-corrected chi connectivity index (χ3v) is 3.22. The Morgan fingerprint density at radius 1 is 1.67 bits per heavy atom. The number of piperazine rings is 1. The first-order chi connectivity index (χ1) is 8.63.